The van der Waals surface area contributed by atoms with Crippen molar-refractivity contribution in [2.75, 3.05) is 19.4 Å². The van der Waals surface area contributed by atoms with Crippen LogP contribution in [0.15, 0.2) is 29.2 Å². The van der Waals surface area contributed by atoms with Crippen molar-refractivity contribution in [2.45, 2.75) is 24.8 Å². The molecular weight excluding hydrogens is 234 g/mol. The van der Waals surface area contributed by atoms with Gasteiger partial charge in [-0.05, 0) is 36.9 Å². The van der Waals surface area contributed by atoms with Crippen LogP contribution < -0.4 is 5.32 Å². The summed E-state index contributed by atoms with van der Waals surface area (Å²) < 4.78 is 4.84. The van der Waals surface area contributed by atoms with E-state index in [2.05, 4.69) is 35.8 Å². The van der Waals surface area contributed by atoms with E-state index in [1.165, 1.54) is 17.4 Å². The molecule has 1 aromatic rings. The molecule has 0 aliphatic carbocycles. The van der Waals surface area contributed by atoms with Gasteiger partial charge in [-0.15, -0.1) is 11.8 Å². The van der Waals surface area contributed by atoms with E-state index in [1.807, 2.05) is 0 Å². The van der Waals surface area contributed by atoms with Crippen LogP contribution in [0, 0.1) is 0 Å². The highest BCUT2D eigenvalue weighted by molar-refractivity contribution is 7.98. The van der Waals surface area contributed by atoms with Crippen molar-refractivity contribution in [3.8, 4) is 0 Å². The number of rotatable bonds is 7. The molecular formula is C13H19NO2S. The Bertz CT molecular complexity index is 338. The van der Waals surface area contributed by atoms with Gasteiger partial charge in [0.05, 0.1) is 6.61 Å². The molecule has 4 heteroatoms. The molecule has 0 radical (unpaired) electrons. The fourth-order valence-corrected chi connectivity index (χ4v) is 1.80. The minimum absolute atomic E-state index is 0.211. The van der Waals surface area contributed by atoms with E-state index >= 15 is 0 Å². The standard InChI is InChI=1S/C13H19NO2S/c1-11(15)16-9-3-8-14-10-12-4-6-13(17-2)7-5-12/h4-7,14H,3,8-10H2,1-2H3. The number of hydrogen-bond acceptors (Lipinski definition) is 4. The molecule has 1 rings (SSSR count). The van der Waals surface area contributed by atoms with Crippen LogP contribution in [-0.2, 0) is 16.1 Å². The molecule has 0 saturated carbocycles. The lowest BCUT2D eigenvalue weighted by Gasteiger charge is -2.05. The van der Waals surface area contributed by atoms with Crippen LogP contribution in [0.2, 0.25) is 0 Å². The molecule has 3 nitrogen and oxygen atoms in total. The van der Waals surface area contributed by atoms with Crippen LogP contribution in [0.1, 0.15) is 18.9 Å². The summed E-state index contributed by atoms with van der Waals surface area (Å²) >= 11 is 1.75. The summed E-state index contributed by atoms with van der Waals surface area (Å²) in [6.45, 7) is 3.64. The highest BCUT2D eigenvalue weighted by atomic mass is 32.2. The molecule has 0 aromatic heterocycles. The average molecular weight is 253 g/mol. The molecule has 1 N–H and O–H groups in total. The van der Waals surface area contributed by atoms with E-state index in [9.17, 15) is 4.79 Å². The molecule has 0 atom stereocenters. The zero-order valence-corrected chi connectivity index (χ0v) is 11.2. The highest BCUT2D eigenvalue weighted by Gasteiger charge is 1.95. The summed E-state index contributed by atoms with van der Waals surface area (Å²) in [5.41, 5.74) is 1.27. The number of ether oxygens (including phenoxy) is 1. The van der Waals surface area contributed by atoms with Gasteiger partial charge in [-0.3, -0.25) is 4.79 Å². The first-order valence-electron chi connectivity index (χ1n) is 5.69. The maximum absolute atomic E-state index is 10.5. The topological polar surface area (TPSA) is 38.3 Å². The maximum Gasteiger partial charge on any atom is 0.302 e. The Morgan fingerprint density at radius 2 is 2.06 bits per heavy atom. The van der Waals surface area contributed by atoms with E-state index < -0.39 is 0 Å². The smallest absolute Gasteiger partial charge is 0.302 e. The number of nitrogens with one attached hydrogen (secondary N) is 1. The molecule has 17 heavy (non-hydrogen) atoms. The van der Waals surface area contributed by atoms with Crippen LogP contribution in [0.3, 0.4) is 0 Å². The third kappa shape index (κ3) is 6.34. The van der Waals surface area contributed by atoms with Gasteiger partial charge in [0.2, 0.25) is 0 Å². The molecule has 0 amide bonds. The summed E-state index contributed by atoms with van der Waals surface area (Å²) in [7, 11) is 0. The first kappa shape index (κ1) is 14.1. The highest BCUT2D eigenvalue weighted by Crippen LogP contribution is 2.14. The van der Waals surface area contributed by atoms with Gasteiger partial charge in [0.15, 0.2) is 0 Å². The van der Waals surface area contributed by atoms with E-state index in [0.29, 0.717) is 6.61 Å². The molecule has 0 aliphatic heterocycles. The Morgan fingerprint density at radius 1 is 1.35 bits per heavy atom. The Hall–Kier alpha value is -1.00. The molecule has 0 fully saturated rings. The molecule has 1 aromatic carbocycles. The van der Waals surface area contributed by atoms with Crippen molar-refractivity contribution in [1.82, 2.24) is 5.32 Å². The van der Waals surface area contributed by atoms with Gasteiger partial charge in [-0.25, -0.2) is 0 Å². The van der Waals surface area contributed by atoms with Crippen LogP contribution in [0.4, 0.5) is 0 Å². The monoisotopic (exact) mass is 253 g/mol. The molecule has 0 bridgehead atoms. The molecule has 94 valence electrons. The normalized spacial score (nSPS) is 10.2. The van der Waals surface area contributed by atoms with E-state index in [4.69, 9.17) is 4.74 Å². The molecule has 0 spiro atoms. The Labute approximate surface area is 107 Å². The van der Waals surface area contributed by atoms with Crippen molar-refractivity contribution in [3.63, 3.8) is 0 Å². The third-order valence-corrected chi connectivity index (χ3v) is 3.03. The van der Waals surface area contributed by atoms with Gasteiger partial charge in [0.1, 0.15) is 0 Å². The SMILES string of the molecule is CSc1ccc(CNCCCOC(C)=O)cc1. The van der Waals surface area contributed by atoms with Gasteiger partial charge >= 0.3 is 5.97 Å². The molecule has 0 heterocycles. The number of carbonyl (C=O) groups is 1. The van der Waals surface area contributed by atoms with Gasteiger partial charge < -0.3 is 10.1 Å². The summed E-state index contributed by atoms with van der Waals surface area (Å²) in [6.07, 6.45) is 2.92. The first-order valence-corrected chi connectivity index (χ1v) is 6.92. The van der Waals surface area contributed by atoms with Crippen molar-refractivity contribution >= 4 is 17.7 Å². The van der Waals surface area contributed by atoms with Crippen molar-refractivity contribution in [1.29, 1.82) is 0 Å². The van der Waals surface area contributed by atoms with Crippen molar-refractivity contribution < 1.29 is 9.53 Å². The summed E-state index contributed by atoms with van der Waals surface area (Å²) in [6, 6.07) is 8.51. The van der Waals surface area contributed by atoms with Gasteiger partial charge in [-0.2, -0.15) is 0 Å². The fourth-order valence-electron chi connectivity index (χ4n) is 1.39. The third-order valence-electron chi connectivity index (χ3n) is 2.29. The predicted molar refractivity (Wildman–Crippen MR) is 71.2 cm³/mol. The zero-order chi connectivity index (χ0) is 12.5. The van der Waals surface area contributed by atoms with Crippen LogP contribution in [-0.4, -0.2) is 25.4 Å². The molecule has 0 saturated heterocycles. The minimum Gasteiger partial charge on any atom is -0.466 e. The lowest BCUT2D eigenvalue weighted by molar-refractivity contribution is -0.141. The Balaban J connectivity index is 2.11. The van der Waals surface area contributed by atoms with E-state index in [-0.39, 0.29) is 5.97 Å². The van der Waals surface area contributed by atoms with Crippen molar-refractivity contribution in [3.05, 3.63) is 29.8 Å². The van der Waals surface area contributed by atoms with Crippen LogP contribution in [0.5, 0.6) is 0 Å². The summed E-state index contributed by atoms with van der Waals surface area (Å²) in [5.74, 6) is -0.211. The van der Waals surface area contributed by atoms with Crippen LogP contribution in [0.25, 0.3) is 0 Å². The first-order chi connectivity index (χ1) is 8.22. The second-order valence-electron chi connectivity index (χ2n) is 3.72. The minimum atomic E-state index is -0.211. The largest absolute Gasteiger partial charge is 0.466 e. The Morgan fingerprint density at radius 3 is 2.65 bits per heavy atom. The van der Waals surface area contributed by atoms with E-state index in [1.54, 1.807) is 11.8 Å². The van der Waals surface area contributed by atoms with Crippen LogP contribution >= 0.6 is 11.8 Å². The number of hydrogen-bond donors (Lipinski definition) is 1. The fraction of sp³-hybridized carbons (Fsp3) is 0.462. The number of carbonyl (C=O) groups excluding carboxylic acids is 1. The predicted octanol–water partition coefficient (Wildman–Crippen LogP) is 2.45. The number of esters is 1. The summed E-state index contributed by atoms with van der Waals surface area (Å²) in [5, 5.41) is 3.31. The van der Waals surface area contributed by atoms with Gasteiger partial charge in [0.25, 0.3) is 0 Å². The zero-order valence-electron chi connectivity index (χ0n) is 10.4. The number of benzene rings is 1. The maximum atomic E-state index is 10.5. The molecule has 0 aliphatic rings. The lowest BCUT2D eigenvalue weighted by atomic mass is 10.2. The van der Waals surface area contributed by atoms with Crippen molar-refractivity contribution in [2.24, 2.45) is 0 Å². The Kier molecular flexibility index (Phi) is 6.74. The second-order valence-corrected chi connectivity index (χ2v) is 4.60. The molecule has 0 unspecified atom stereocenters. The number of thioether (sulfide) groups is 1. The quantitative estimate of drug-likeness (QED) is 0.460. The van der Waals surface area contributed by atoms with Gasteiger partial charge in [-0.1, -0.05) is 12.1 Å². The second kappa shape index (κ2) is 8.14. The summed E-state index contributed by atoms with van der Waals surface area (Å²) in [4.78, 5) is 11.8. The average Bonchev–Trinajstić information content (AvgIpc) is 2.34. The van der Waals surface area contributed by atoms with E-state index in [0.717, 1.165) is 19.5 Å². The van der Waals surface area contributed by atoms with Gasteiger partial charge in [0, 0.05) is 18.4 Å². The lowest BCUT2D eigenvalue weighted by Crippen LogP contribution is -2.16.